The molecule has 1 unspecified atom stereocenters. The van der Waals surface area contributed by atoms with Crippen LogP contribution in [0.4, 0.5) is 5.69 Å². The van der Waals surface area contributed by atoms with E-state index < -0.39 is 15.6 Å². The number of carbonyl (C=O) groups is 2. The van der Waals surface area contributed by atoms with Gasteiger partial charge in [-0.3, -0.25) is 14.6 Å². The van der Waals surface area contributed by atoms with Gasteiger partial charge in [-0.2, -0.15) is 0 Å². The molecule has 2 N–H and O–H groups in total. The molecule has 1 aromatic carbocycles. The van der Waals surface area contributed by atoms with E-state index in [0.717, 1.165) is 41.9 Å². The number of benzene rings is 1. The van der Waals surface area contributed by atoms with Crippen LogP contribution in [0.2, 0.25) is 0 Å². The number of rotatable bonds is 14. The number of aliphatic imine (C=N–C) groups is 1. The van der Waals surface area contributed by atoms with Crippen molar-refractivity contribution in [2.75, 3.05) is 30.3 Å². The first-order valence-corrected chi connectivity index (χ1v) is 16.7. The molecule has 2 saturated heterocycles. The molecule has 3 aliphatic heterocycles. The number of nitrogens with one attached hydrogen (secondary N) is 1. The molecule has 0 aromatic heterocycles. The second-order valence-electron chi connectivity index (χ2n) is 11.6. The molecule has 1 spiro atoms. The first-order chi connectivity index (χ1) is 19.2. The lowest BCUT2D eigenvalue weighted by Gasteiger charge is -2.34. The van der Waals surface area contributed by atoms with E-state index in [0.29, 0.717) is 45.2 Å². The van der Waals surface area contributed by atoms with E-state index in [9.17, 15) is 23.1 Å². The van der Waals surface area contributed by atoms with Crippen LogP contribution in [-0.2, 0) is 26.0 Å². The molecular formula is C30H46N4O5S. The summed E-state index contributed by atoms with van der Waals surface area (Å²) in [4.78, 5) is 31.6. The normalized spacial score (nSPS) is 21.3. The van der Waals surface area contributed by atoms with Crippen molar-refractivity contribution in [2.24, 2.45) is 4.99 Å². The Morgan fingerprint density at radius 2 is 1.75 bits per heavy atom. The highest BCUT2D eigenvalue weighted by molar-refractivity contribution is 7.89. The zero-order valence-corrected chi connectivity index (χ0v) is 25.0. The summed E-state index contributed by atoms with van der Waals surface area (Å²) in [6, 6.07) is 5.42. The van der Waals surface area contributed by atoms with Gasteiger partial charge in [0.25, 0.3) is 5.91 Å². The van der Waals surface area contributed by atoms with Crippen molar-refractivity contribution >= 4 is 33.4 Å². The molecule has 9 nitrogen and oxygen atoms in total. The van der Waals surface area contributed by atoms with E-state index in [2.05, 4.69) is 12.2 Å². The highest BCUT2D eigenvalue weighted by Gasteiger charge is 2.47. The number of carbonyl (C=O) groups excluding carboxylic acids is 2. The number of hydrogen-bond acceptors (Lipinski definition) is 6. The molecule has 2 amide bonds. The van der Waals surface area contributed by atoms with Crippen LogP contribution in [0.3, 0.4) is 0 Å². The average molecular weight is 575 g/mol. The number of nitrogens with zero attached hydrogens (tertiary/aromatic N) is 3. The maximum absolute atomic E-state index is 13.2. The molecule has 222 valence electrons. The molecule has 3 aliphatic rings. The largest absolute Gasteiger partial charge is 0.394 e. The molecule has 0 aliphatic carbocycles. The number of aliphatic hydroxyl groups is 1. The van der Waals surface area contributed by atoms with Gasteiger partial charge in [0.15, 0.2) is 0 Å². The second-order valence-corrected chi connectivity index (χ2v) is 13.7. The number of aliphatic hydroxyl groups excluding tert-OH is 1. The number of piperidine rings is 1. The maximum atomic E-state index is 13.2. The Bertz CT molecular complexity index is 1190. The summed E-state index contributed by atoms with van der Waals surface area (Å²) < 4.78 is 27.9. The highest BCUT2D eigenvalue weighted by atomic mass is 32.2. The summed E-state index contributed by atoms with van der Waals surface area (Å²) in [6.07, 6.45) is 11.5. The minimum absolute atomic E-state index is 0.00172. The van der Waals surface area contributed by atoms with E-state index in [1.807, 2.05) is 25.1 Å². The summed E-state index contributed by atoms with van der Waals surface area (Å²) in [5, 5.41) is 12.6. The summed E-state index contributed by atoms with van der Waals surface area (Å²) >= 11 is 0. The Hall–Kier alpha value is -2.30. The fraction of sp³-hybridized carbons (Fsp3) is 0.700. The first-order valence-electron chi connectivity index (χ1n) is 15.1. The predicted octanol–water partition coefficient (Wildman–Crippen LogP) is 3.86. The molecule has 1 atom stereocenters. The van der Waals surface area contributed by atoms with Gasteiger partial charge in [-0.25, -0.2) is 12.7 Å². The Morgan fingerprint density at radius 3 is 2.42 bits per heavy atom. The Kier molecular flexibility index (Phi) is 10.4. The minimum atomic E-state index is -3.49. The van der Waals surface area contributed by atoms with Gasteiger partial charge in [0.05, 0.1) is 18.4 Å². The maximum Gasteiger partial charge on any atom is 0.253 e. The Balaban J connectivity index is 1.27. The van der Waals surface area contributed by atoms with Gasteiger partial charge < -0.3 is 15.3 Å². The van der Waals surface area contributed by atoms with Crippen molar-refractivity contribution in [3.63, 3.8) is 0 Å². The lowest BCUT2D eigenvalue weighted by Crippen LogP contribution is -2.50. The number of aryl methyl sites for hydroxylation is 2. The van der Waals surface area contributed by atoms with Gasteiger partial charge in [-0.15, -0.1) is 0 Å². The number of anilines is 1. The van der Waals surface area contributed by atoms with E-state index in [4.69, 9.17) is 4.99 Å². The smallest absolute Gasteiger partial charge is 0.253 e. The van der Waals surface area contributed by atoms with Crippen LogP contribution in [-0.4, -0.2) is 72.5 Å². The fourth-order valence-corrected chi connectivity index (χ4v) is 7.65. The third-order valence-corrected chi connectivity index (χ3v) is 10.6. The Labute approximate surface area is 239 Å². The minimum Gasteiger partial charge on any atom is -0.394 e. The third-order valence-electron chi connectivity index (χ3n) is 8.76. The van der Waals surface area contributed by atoms with Crippen LogP contribution in [0, 0.1) is 6.92 Å². The standard InChI is InChI=1S/C30H46N4O5S/c1-3-4-5-6-7-8-9-10-27-31-29(37)30(32-27)16-18-33(19-17-30)40(38,39)20-15-24-11-12-25(21-23(24)2)34-26(22-35)13-14-28(34)36/h11-12,21,26,35H,3-10,13-20,22H2,1-2H3,(H,31,32,37). The van der Waals surface area contributed by atoms with Crippen molar-refractivity contribution in [1.29, 1.82) is 0 Å². The molecule has 40 heavy (non-hydrogen) atoms. The molecular weight excluding hydrogens is 528 g/mol. The van der Waals surface area contributed by atoms with Gasteiger partial charge >= 0.3 is 0 Å². The molecule has 4 rings (SSSR count). The molecule has 3 heterocycles. The monoisotopic (exact) mass is 574 g/mol. The van der Waals surface area contributed by atoms with Crippen molar-refractivity contribution < 1.29 is 23.1 Å². The van der Waals surface area contributed by atoms with Crippen LogP contribution >= 0.6 is 0 Å². The lowest BCUT2D eigenvalue weighted by molar-refractivity contribution is -0.125. The Morgan fingerprint density at radius 1 is 1.05 bits per heavy atom. The molecule has 0 radical (unpaired) electrons. The zero-order chi connectivity index (χ0) is 28.8. The van der Waals surface area contributed by atoms with E-state index in [1.165, 1.54) is 36.4 Å². The number of unbranched alkanes of at least 4 members (excludes halogenated alkanes) is 6. The van der Waals surface area contributed by atoms with E-state index in [-0.39, 0.29) is 30.2 Å². The van der Waals surface area contributed by atoms with Crippen LogP contribution in [0.1, 0.15) is 95.1 Å². The SMILES string of the molecule is CCCCCCCCCC1=NC2(CCN(S(=O)(=O)CCc3ccc(N4C(=O)CCC4CO)cc3C)CC2)C(=O)N1. The van der Waals surface area contributed by atoms with Gasteiger partial charge in [0, 0.05) is 31.6 Å². The summed E-state index contributed by atoms with van der Waals surface area (Å²) in [7, 11) is -3.49. The van der Waals surface area contributed by atoms with Crippen LogP contribution in [0.25, 0.3) is 0 Å². The highest BCUT2D eigenvalue weighted by Crippen LogP contribution is 2.32. The van der Waals surface area contributed by atoms with Crippen molar-refractivity contribution in [3.05, 3.63) is 29.3 Å². The van der Waals surface area contributed by atoms with Crippen LogP contribution in [0.15, 0.2) is 23.2 Å². The van der Waals surface area contributed by atoms with E-state index >= 15 is 0 Å². The number of hydrogen-bond donors (Lipinski definition) is 2. The number of amides is 2. The molecule has 1 aromatic rings. The average Bonchev–Trinajstić information content (AvgIpc) is 3.46. The van der Waals surface area contributed by atoms with Gasteiger partial charge in [0.2, 0.25) is 15.9 Å². The number of amidine groups is 1. The molecule has 10 heteroatoms. The zero-order valence-electron chi connectivity index (χ0n) is 24.2. The van der Waals surface area contributed by atoms with Crippen molar-refractivity contribution in [1.82, 2.24) is 9.62 Å². The second kappa shape index (κ2) is 13.6. The summed E-state index contributed by atoms with van der Waals surface area (Å²) in [5.74, 6) is 0.663. The molecule has 2 fully saturated rings. The molecule has 0 saturated carbocycles. The third kappa shape index (κ3) is 7.12. The fourth-order valence-electron chi connectivity index (χ4n) is 6.18. The van der Waals surface area contributed by atoms with Crippen LogP contribution < -0.4 is 10.2 Å². The number of sulfonamides is 1. The van der Waals surface area contributed by atoms with Crippen LogP contribution in [0.5, 0.6) is 0 Å². The van der Waals surface area contributed by atoms with Gasteiger partial charge in [-0.05, 0) is 62.3 Å². The van der Waals surface area contributed by atoms with Gasteiger partial charge in [0.1, 0.15) is 11.4 Å². The summed E-state index contributed by atoms with van der Waals surface area (Å²) in [5.41, 5.74) is 1.76. The lowest BCUT2D eigenvalue weighted by atomic mass is 9.89. The summed E-state index contributed by atoms with van der Waals surface area (Å²) in [6.45, 7) is 4.65. The predicted molar refractivity (Wildman–Crippen MR) is 158 cm³/mol. The quantitative estimate of drug-likeness (QED) is 0.327. The van der Waals surface area contributed by atoms with E-state index in [1.54, 1.807) is 4.90 Å². The first kappa shape index (κ1) is 30.7. The van der Waals surface area contributed by atoms with Gasteiger partial charge in [-0.1, -0.05) is 51.5 Å². The molecule has 0 bridgehead atoms. The van der Waals surface area contributed by atoms with Crippen molar-refractivity contribution in [2.45, 2.75) is 109 Å². The topological polar surface area (TPSA) is 119 Å². The van der Waals surface area contributed by atoms with Crippen molar-refractivity contribution in [3.8, 4) is 0 Å².